The van der Waals surface area contributed by atoms with Crippen LogP contribution < -0.4 is 0 Å². The summed E-state index contributed by atoms with van der Waals surface area (Å²) in [6.45, 7) is 2.27. The van der Waals surface area contributed by atoms with E-state index in [1.165, 1.54) is 70.6 Å². The van der Waals surface area contributed by atoms with Crippen LogP contribution in [0.25, 0.3) is 0 Å². The van der Waals surface area contributed by atoms with Crippen molar-refractivity contribution in [3.63, 3.8) is 0 Å². The van der Waals surface area contributed by atoms with E-state index >= 15 is 0 Å². The Balaban J connectivity index is 2.93. The first-order valence-electron chi connectivity index (χ1n) is 7.52. The van der Waals surface area contributed by atoms with Gasteiger partial charge in [0, 0.05) is 0 Å². The third-order valence-corrected chi connectivity index (χ3v) is 3.19. The van der Waals surface area contributed by atoms with Gasteiger partial charge in [0.25, 0.3) is 0 Å². The molecule has 0 aliphatic heterocycles. The van der Waals surface area contributed by atoms with Gasteiger partial charge in [-0.2, -0.15) is 0 Å². The Labute approximate surface area is 108 Å². The Morgan fingerprint density at radius 2 is 1.18 bits per heavy atom. The Morgan fingerprint density at radius 3 is 1.65 bits per heavy atom. The molecular formula is C16H30O. The summed E-state index contributed by atoms with van der Waals surface area (Å²) in [6, 6.07) is 0. The minimum absolute atomic E-state index is 0.860. The second-order valence-electron chi connectivity index (χ2n) is 4.89. The van der Waals surface area contributed by atoms with Crippen molar-refractivity contribution < 1.29 is 4.79 Å². The third kappa shape index (κ3) is 15.4. The predicted octanol–water partition coefficient (Wildman–Crippen LogP) is 5.44. The summed E-state index contributed by atoms with van der Waals surface area (Å²) in [5.41, 5.74) is 0. The van der Waals surface area contributed by atoms with Gasteiger partial charge >= 0.3 is 0 Å². The van der Waals surface area contributed by atoms with Gasteiger partial charge in [0.1, 0.15) is 6.29 Å². The number of carbonyl (C=O) groups is 1. The van der Waals surface area contributed by atoms with E-state index in [9.17, 15) is 4.79 Å². The first-order valence-corrected chi connectivity index (χ1v) is 7.52. The standard InChI is InChI=1S/C16H30O/c1-2-3-4-5-6-7-8-9-10-11-12-13-14-15-16-17/h14-16H,2-13H2,1H3. The van der Waals surface area contributed by atoms with E-state index in [2.05, 4.69) is 6.92 Å². The number of hydrogen-bond donors (Lipinski definition) is 0. The molecule has 0 aromatic heterocycles. The molecule has 0 bridgehead atoms. The van der Waals surface area contributed by atoms with E-state index in [1.807, 2.05) is 6.08 Å². The van der Waals surface area contributed by atoms with Crippen LogP contribution in [-0.4, -0.2) is 6.29 Å². The summed E-state index contributed by atoms with van der Waals surface area (Å²) in [5.74, 6) is 0. The number of rotatable bonds is 13. The molecular weight excluding hydrogens is 208 g/mol. The molecule has 0 aromatic rings. The highest BCUT2D eigenvalue weighted by atomic mass is 16.1. The highest BCUT2D eigenvalue weighted by Gasteiger charge is 1.92. The van der Waals surface area contributed by atoms with Gasteiger partial charge < -0.3 is 0 Å². The molecule has 0 unspecified atom stereocenters. The van der Waals surface area contributed by atoms with E-state index in [4.69, 9.17) is 0 Å². The van der Waals surface area contributed by atoms with Gasteiger partial charge in [0.15, 0.2) is 0 Å². The maximum atomic E-state index is 10.0. The molecule has 0 atom stereocenters. The van der Waals surface area contributed by atoms with Gasteiger partial charge in [-0.3, -0.25) is 4.79 Å². The Morgan fingerprint density at radius 1 is 0.706 bits per heavy atom. The van der Waals surface area contributed by atoms with Crippen molar-refractivity contribution in [2.75, 3.05) is 0 Å². The minimum Gasteiger partial charge on any atom is -0.299 e. The highest BCUT2D eigenvalue weighted by molar-refractivity contribution is 5.64. The van der Waals surface area contributed by atoms with E-state index in [0.29, 0.717) is 0 Å². The Bertz CT molecular complexity index is 172. The normalized spacial score (nSPS) is 11.1. The van der Waals surface area contributed by atoms with Crippen LogP contribution >= 0.6 is 0 Å². The number of carbonyl (C=O) groups excluding carboxylic acids is 1. The Kier molecular flexibility index (Phi) is 14.9. The summed E-state index contributed by atoms with van der Waals surface area (Å²) in [5, 5.41) is 0. The second kappa shape index (κ2) is 15.4. The van der Waals surface area contributed by atoms with Gasteiger partial charge in [0.2, 0.25) is 0 Å². The van der Waals surface area contributed by atoms with Crippen LogP contribution in [0.15, 0.2) is 12.2 Å². The lowest BCUT2D eigenvalue weighted by Gasteiger charge is -2.01. The first-order chi connectivity index (χ1) is 8.41. The molecule has 0 aliphatic carbocycles. The topological polar surface area (TPSA) is 17.1 Å². The molecule has 0 heterocycles. The van der Waals surface area contributed by atoms with Gasteiger partial charge in [0.05, 0.1) is 0 Å². The van der Waals surface area contributed by atoms with Crippen molar-refractivity contribution in [2.45, 2.75) is 84.0 Å². The van der Waals surface area contributed by atoms with Crippen LogP contribution in [0.5, 0.6) is 0 Å². The molecule has 17 heavy (non-hydrogen) atoms. The molecule has 100 valence electrons. The molecule has 0 aromatic carbocycles. The van der Waals surface area contributed by atoms with Crippen molar-refractivity contribution >= 4 is 6.29 Å². The number of aldehydes is 1. The lowest BCUT2D eigenvalue weighted by molar-refractivity contribution is -0.104. The van der Waals surface area contributed by atoms with Crippen molar-refractivity contribution in [3.05, 3.63) is 12.2 Å². The van der Waals surface area contributed by atoms with Gasteiger partial charge in [-0.05, 0) is 18.9 Å². The van der Waals surface area contributed by atoms with Gasteiger partial charge in [-0.15, -0.1) is 0 Å². The molecule has 0 spiro atoms. The van der Waals surface area contributed by atoms with Crippen LogP contribution in [0.2, 0.25) is 0 Å². The SMILES string of the molecule is CCCCCCCCCCCCCC=CC=O. The molecule has 0 saturated carbocycles. The predicted molar refractivity (Wildman–Crippen MR) is 76.3 cm³/mol. The molecule has 0 saturated heterocycles. The molecule has 0 aliphatic rings. The lowest BCUT2D eigenvalue weighted by atomic mass is 10.1. The molecule has 0 amide bonds. The van der Waals surface area contributed by atoms with Crippen LogP contribution in [-0.2, 0) is 4.79 Å². The van der Waals surface area contributed by atoms with E-state index in [0.717, 1.165) is 12.7 Å². The Hall–Kier alpha value is -0.590. The fraction of sp³-hybridized carbons (Fsp3) is 0.812. The molecule has 0 radical (unpaired) electrons. The summed E-state index contributed by atoms with van der Waals surface area (Å²) in [4.78, 5) is 10.0. The zero-order valence-electron chi connectivity index (χ0n) is 11.6. The van der Waals surface area contributed by atoms with Crippen LogP contribution in [0.1, 0.15) is 84.0 Å². The largest absolute Gasteiger partial charge is 0.299 e. The van der Waals surface area contributed by atoms with Gasteiger partial charge in [-0.25, -0.2) is 0 Å². The van der Waals surface area contributed by atoms with E-state index < -0.39 is 0 Å². The number of allylic oxidation sites excluding steroid dienone is 2. The maximum absolute atomic E-state index is 10.0. The summed E-state index contributed by atoms with van der Waals surface area (Å²) >= 11 is 0. The molecule has 1 heteroatoms. The van der Waals surface area contributed by atoms with Crippen LogP contribution in [0, 0.1) is 0 Å². The van der Waals surface area contributed by atoms with E-state index in [1.54, 1.807) is 6.08 Å². The summed E-state index contributed by atoms with van der Waals surface area (Å²) < 4.78 is 0. The molecule has 0 N–H and O–H groups in total. The fourth-order valence-corrected chi connectivity index (χ4v) is 2.08. The van der Waals surface area contributed by atoms with Gasteiger partial charge in [-0.1, -0.05) is 77.2 Å². The molecule has 0 rings (SSSR count). The van der Waals surface area contributed by atoms with Crippen molar-refractivity contribution in [3.8, 4) is 0 Å². The highest BCUT2D eigenvalue weighted by Crippen LogP contribution is 2.11. The van der Waals surface area contributed by atoms with Crippen LogP contribution in [0.4, 0.5) is 0 Å². The smallest absolute Gasteiger partial charge is 0.142 e. The lowest BCUT2D eigenvalue weighted by Crippen LogP contribution is -1.82. The molecule has 1 nitrogen and oxygen atoms in total. The number of hydrogen-bond acceptors (Lipinski definition) is 1. The first kappa shape index (κ1) is 16.4. The maximum Gasteiger partial charge on any atom is 0.142 e. The number of unbranched alkanes of at least 4 members (excludes halogenated alkanes) is 11. The zero-order valence-corrected chi connectivity index (χ0v) is 11.6. The van der Waals surface area contributed by atoms with Crippen molar-refractivity contribution in [1.82, 2.24) is 0 Å². The van der Waals surface area contributed by atoms with Crippen molar-refractivity contribution in [2.24, 2.45) is 0 Å². The van der Waals surface area contributed by atoms with Crippen LogP contribution in [0.3, 0.4) is 0 Å². The quantitative estimate of drug-likeness (QED) is 0.237. The fourth-order valence-electron chi connectivity index (χ4n) is 2.08. The van der Waals surface area contributed by atoms with Crippen molar-refractivity contribution in [1.29, 1.82) is 0 Å². The second-order valence-corrected chi connectivity index (χ2v) is 4.89. The average Bonchev–Trinajstić information content (AvgIpc) is 2.35. The average molecular weight is 238 g/mol. The van der Waals surface area contributed by atoms with E-state index in [-0.39, 0.29) is 0 Å². The summed E-state index contributed by atoms with van der Waals surface area (Å²) in [7, 11) is 0. The third-order valence-electron chi connectivity index (χ3n) is 3.19. The minimum atomic E-state index is 0.860. The zero-order chi connectivity index (χ0) is 12.6. The molecule has 0 fully saturated rings. The summed E-state index contributed by atoms with van der Waals surface area (Å²) in [6.07, 6.45) is 20.7. The monoisotopic (exact) mass is 238 g/mol.